The number of anilines is 1. The molecule has 0 aromatic heterocycles. The Bertz CT molecular complexity index is 595. The Hall–Kier alpha value is -1.18. The van der Waals surface area contributed by atoms with Gasteiger partial charge in [-0.15, -0.1) is 0 Å². The van der Waals surface area contributed by atoms with E-state index in [4.69, 9.17) is 23.2 Å². The molecule has 0 spiro atoms. The van der Waals surface area contributed by atoms with Gasteiger partial charge in [-0.1, -0.05) is 47.5 Å². The fraction of sp³-hybridized carbons (Fsp3) is 0.250. The van der Waals surface area contributed by atoms with E-state index in [0.717, 1.165) is 29.8 Å². The minimum atomic E-state index is 0.438. The van der Waals surface area contributed by atoms with Gasteiger partial charge in [-0.05, 0) is 48.6 Å². The lowest BCUT2D eigenvalue weighted by Gasteiger charge is -2.27. The summed E-state index contributed by atoms with van der Waals surface area (Å²) in [5, 5.41) is 5.04. The molecule has 0 amide bonds. The van der Waals surface area contributed by atoms with Crippen molar-refractivity contribution in [1.82, 2.24) is 0 Å². The van der Waals surface area contributed by atoms with Crippen molar-refractivity contribution in [2.24, 2.45) is 0 Å². The molecule has 1 atom stereocenters. The van der Waals surface area contributed by atoms with Gasteiger partial charge in [0.05, 0.1) is 0 Å². The standard InChI is InChI=1S/C16H15Cl2N/c17-13-7-5-12(15(18)10-13)9-14-8-6-11-3-1-2-4-16(11)19-14/h1-5,7,10,14,19H,6,8-9H2. The van der Waals surface area contributed by atoms with Crippen LogP contribution in [0.1, 0.15) is 17.5 Å². The van der Waals surface area contributed by atoms with E-state index in [-0.39, 0.29) is 0 Å². The molecule has 3 heteroatoms. The topological polar surface area (TPSA) is 12.0 Å². The van der Waals surface area contributed by atoms with Gasteiger partial charge in [0.15, 0.2) is 0 Å². The van der Waals surface area contributed by atoms with E-state index in [9.17, 15) is 0 Å². The number of hydrogen-bond donors (Lipinski definition) is 1. The maximum atomic E-state index is 6.24. The van der Waals surface area contributed by atoms with Crippen LogP contribution in [0.15, 0.2) is 42.5 Å². The molecule has 0 bridgehead atoms. The number of aryl methyl sites for hydroxylation is 1. The van der Waals surface area contributed by atoms with E-state index in [2.05, 4.69) is 29.6 Å². The molecular formula is C16H15Cl2N. The van der Waals surface area contributed by atoms with Crippen LogP contribution in [-0.2, 0) is 12.8 Å². The molecule has 0 saturated heterocycles. The number of halogens is 2. The van der Waals surface area contributed by atoms with Crippen LogP contribution in [0.25, 0.3) is 0 Å². The molecule has 0 radical (unpaired) electrons. The Morgan fingerprint density at radius 1 is 1.11 bits per heavy atom. The highest BCUT2D eigenvalue weighted by Crippen LogP contribution is 2.28. The SMILES string of the molecule is Clc1ccc(CC2CCc3ccccc3N2)c(Cl)c1. The van der Waals surface area contributed by atoms with E-state index >= 15 is 0 Å². The Morgan fingerprint density at radius 2 is 1.95 bits per heavy atom. The average Bonchev–Trinajstić information content (AvgIpc) is 2.42. The molecular weight excluding hydrogens is 277 g/mol. The summed E-state index contributed by atoms with van der Waals surface area (Å²) in [4.78, 5) is 0. The molecule has 2 aromatic rings. The molecule has 0 aliphatic carbocycles. The summed E-state index contributed by atoms with van der Waals surface area (Å²) in [6, 6.07) is 14.7. The number of benzene rings is 2. The first-order chi connectivity index (χ1) is 9.22. The average molecular weight is 292 g/mol. The zero-order valence-corrected chi connectivity index (χ0v) is 12.0. The Kier molecular flexibility index (Phi) is 3.67. The van der Waals surface area contributed by atoms with Crippen molar-refractivity contribution in [3.8, 4) is 0 Å². The van der Waals surface area contributed by atoms with Crippen molar-refractivity contribution < 1.29 is 0 Å². The summed E-state index contributed by atoms with van der Waals surface area (Å²) in [7, 11) is 0. The van der Waals surface area contributed by atoms with E-state index in [1.807, 2.05) is 18.2 Å². The van der Waals surface area contributed by atoms with Crippen molar-refractivity contribution in [2.45, 2.75) is 25.3 Å². The van der Waals surface area contributed by atoms with Crippen molar-refractivity contribution in [3.05, 3.63) is 63.6 Å². The van der Waals surface area contributed by atoms with Crippen LogP contribution in [0.3, 0.4) is 0 Å². The first-order valence-electron chi connectivity index (χ1n) is 6.51. The van der Waals surface area contributed by atoms with Crippen LogP contribution in [0.4, 0.5) is 5.69 Å². The van der Waals surface area contributed by atoms with Gasteiger partial charge in [0.2, 0.25) is 0 Å². The molecule has 0 fully saturated rings. The Balaban J connectivity index is 1.75. The molecule has 1 aliphatic rings. The lowest BCUT2D eigenvalue weighted by atomic mass is 9.94. The molecule has 98 valence electrons. The number of fused-ring (bicyclic) bond motifs is 1. The largest absolute Gasteiger partial charge is 0.382 e. The van der Waals surface area contributed by atoms with Gasteiger partial charge in [-0.25, -0.2) is 0 Å². The second kappa shape index (κ2) is 5.44. The fourth-order valence-electron chi connectivity index (χ4n) is 2.61. The molecule has 2 aromatic carbocycles. The van der Waals surface area contributed by atoms with Crippen molar-refractivity contribution >= 4 is 28.9 Å². The highest BCUT2D eigenvalue weighted by Gasteiger charge is 2.18. The van der Waals surface area contributed by atoms with Crippen LogP contribution >= 0.6 is 23.2 Å². The van der Waals surface area contributed by atoms with Gasteiger partial charge in [0, 0.05) is 21.8 Å². The molecule has 3 rings (SSSR count). The summed E-state index contributed by atoms with van der Waals surface area (Å²) < 4.78 is 0. The van der Waals surface area contributed by atoms with Crippen LogP contribution in [0, 0.1) is 0 Å². The smallest absolute Gasteiger partial charge is 0.0453 e. The second-order valence-corrected chi connectivity index (χ2v) is 5.82. The molecule has 1 unspecified atom stereocenters. The number of rotatable bonds is 2. The summed E-state index contributed by atoms with van der Waals surface area (Å²) >= 11 is 12.2. The van der Waals surface area contributed by atoms with Gasteiger partial charge in [0.1, 0.15) is 0 Å². The van der Waals surface area contributed by atoms with Crippen LogP contribution in [-0.4, -0.2) is 6.04 Å². The second-order valence-electron chi connectivity index (χ2n) is 4.98. The molecule has 1 heterocycles. The predicted molar refractivity (Wildman–Crippen MR) is 82.3 cm³/mol. The maximum Gasteiger partial charge on any atom is 0.0453 e. The zero-order valence-electron chi connectivity index (χ0n) is 10.5. The van der Waals surface area contributed by atoms with Crippen LogP contribution in [0.2, 0.25) is 10.0 Å². The fourth-order valence-corrected chi connectivity index (χ4v) is 3.09. The molecule has 0 saturated carbocycles. The van der Waals surface area contributed by atoms with Gasteiger partial charge in [-0.2, -0.15) is 0 Å². The number of para-hydroxylation sites is 1. The molecule has 1 nitrogen and oxygen atoms in total. The molecule has 1 aliphatic heterocycles. The first-order valence-corrected chi connectivity index (χ1v) is 7.26. The molecule has 1 N–H and O–H groups in total. The third-order valence-electron chi connectivity index (χ3n) is 3.62. The van der Waals surface area contributed by atoms with Crippen molar-refractivity contribution in [1.29, 1.82) is 0 Å². The lowest BCUT2D eigenvalue weighted by molar-refractivity contribution is 0.628. The van der Waals surface area contributed by atoms with E-state index in [1.54, 1.807) is 0 Å². The highest BCUT2D eigenvalue weighted by atomic mass is 35.5. The predicted octanol–water partition coefficient (Wildman–Crippen LogP) is 4.96. The summed E-state index contributed by atoms with van der Waals surface area (Å²) in [5.74, 6) is 0. The van der Waals surface area contributed by atoms with Crippen LogP contribution in [0.5, 0.6) is 0 Å². The van der Waals surface area contributed by atoms with Gasteiger partial charge >= 0.3 is 0 Å². The minimum absolute atomic E-state index is 0.438. The van der Waals surface area contributed by atoms with Crippen molar-refractivity contribution in [2.75, 3.05) is 5.32 Å². The summed E-state index contributed by atoms with van der Waals surface area (Å²) in [6.45, 7) is 0. The Morgan fingerprint density at radius 3 is 2.79 bits per heavy atom. The van der Waals surface area contributed by atoms with Crippen LogP contribution < -0.4 is 5.32 Å². The quantitative estimate of drug-likeness (QED) is 0.824. The third kappa shape index (κ3) is 2.88. The normalized spacial score (nSPS) is 17.7. The van der Waals surface area contributed by atoms with E-state index in [1.165, 1.54) is 11.3 Å². The van der Waals surface area contributed by atoms with Gasteiger partial charge < -0.3 is 5.32 Å². The maximum absolute atomic E-state index is 6.24. The third-order valence-corrected chi connectivity index (χ3v) is 4.21. The monoisotopic (exact) mass is 291 g/mol. The zero-order chi connectivity index (χ0) is 13.2. The van der Waals surface area contributed by atoms with E-state index in [0.29, 0.717) is 11.1 Å². The first kappa shape index (κ1) is 12.8. The highest BCUT2D eigenvalue weighted by molar-refractivity contribution is 6.35. The number of hydrogen-bond acceptors (Lipinski definition) is 1. The van der Waals surface area contributed by atoms with Crippen molar-refractivity contribution in [3.63, 3.8) is 0 Å². The van der Waals surface area contributed by atoms with Gasteiger partial charge in [-0.3, -0.25) is 0 Å². The lowest BCUT2D eigenvalue weighted by Crippen LogP contribution is -2.27. The summed E-state index contributed by atoms with van der Waals surface area (Å²) in [6.07, 6.45) is 3.19. The van der Waals surface area contributed by atoms with E-state index < -0.39 is 0 Å². The minimum Gasteiger partial charge on any atom is -0.382 e. The summed E-state index contributed by atoms with van der Waals surface area (Å²) in [5.41, 5.74) is 3.81. The number of nitrogens with one attached hydrogen (secondary N) is 1. The molecule has 19 heavy (non-hydrogen) atoms. The Labute approximate surface area is 123 Å². The van der Waals surface area contributed by atoms with Gasteiger partial charge in [0.25, 0.3) is 0 Å².